The van der Waals surface area contributed by atoms with Crippen molar-refractivity contribution in [3.05, 3.63) is 35.4 Å². The zero-order valence-electron chi connectivity index (χ0n) is 10.2. The quantitative estimate of drug-likeness (QED) is 0.716. The lowest BCUT2D eigenvalue weighted by Crippen LogP contribution is -1.97. The first-order chi connectivity index (χ1) is 8.15. The molecule has 0 spiro atoms. The molecule has 0 bridgehead atoms. The lowest BCUT2D eigenvalue weighted by Gasteiger charge is -2.08. The number of rotatable bonds is 7. The maximum absolute atomic E-state index is 13.7. The summed E-state index contributed by atoms with van der Waals surface area (Å²) in [6.07, 6.45) is 3.77. The van der Waals surface area contributed by atoms with Gasteiger partial charge in [-0.05, 0) is 24.1 Å². The number of aromatic carboxylic acids is 1. The summed E-state index contributed by atoms with van der Waals surface area (Å²) < 4.78 is 13.7. The van der Waals surface area contributed by atoms with Gasteiger partial charge in [0.1, 0.15) is 6.17 Å². The molecule has 1 rings (SSSR count). The maximum Gasteiger partial charge on any atom is 0.335 e. The Labute approximate surface area is 101 Å². The predicted octanol–water partition coefficient (Wildman–Crippen LogP) is 4.37. The molecule has 0 saturated carbocycles. The van der Waals surface area contributed by atoms with E-state index in [1.807, 2.05) is 0 Å². The fraction of sp³-hybridized carbons (Fsp3) is 0.500. The van der Waals surface area contributed by atoms with Gasteiger partial charge in [0.2, 0.25) is 0 Å². The molecule has 1 N–H and O–H groups in total. The van der Waals surface area contributed by atoms with E-state index >= 15 is 0 Å². The standard InChI is InChI=1S/C14H19FO2/c1-2-3-4-5-6-13(15)11-7-9-12(10-8-11)14(16)17/h7-10,13H,2-6H2,1H3,(H,16,17). The summed E-state index contributed by atoms with van der Waals surface area (Å²) in [6, 6.07) is 6.04. The normalized spacial score (nSPS) is 12.4. The number of benzene rings is 1. The fourth-order valence-corrected chi connectivity index (χ4v) is 1.75. The summed E-state index contributed by atoms with van der Waals surface area (Å²) in [5, 5.41) is 8.72. The van der Waals surface area contributed by atoms with Crippen LogP contribution >= 0.6 is 0 Å². The molecule has 0 heterocycles. The van der Waals surface area contributed by atoms with E-state index in [0.717, 1.165) is 25.7 Å². The Morgan fingerprint density at radius 2 is 1.88 bits per heavy atom. The number of carbonyl (C=O) groups is 1. The van der Waals surface area contributed by atoms with E-state index in [9.17, 15) is 9.18 Å². The Kier molecular flexibility index (Phi) is 5.67. The second kappa shape index (κ2) is 7.05. The molecule has 17 heavy (non-hydrogen) atoms. The number of alkyl halides is 1. The van der Waals surface area contributed by atoms with Gasteiger partial charge < -0.3 is 5.11 Å². The zero-order valence-corrected chi connectivity index (χ0v) is 10.2. The maximum atomic E-state index is 13.7. The molecule has 1 aromatic rings. The molecule has 94 valence electrons. The second-order valence-electron chi connectivity index (χ2n) is 4.24. The first-order valence-electron chi connectivity index (χ1n) is 6.12. The molecule has 0 fully saturated rings. The molecule has 0 aromatic heterocycles. The van der Waals surface area contributed by atoms with Crippen molar-refractivity contribution in [1.82, 2.24) is 0 Å². The average molecular weight is 238 g/mol. The van der Waals surface area contributed by atoms with Crippen LogP contribution in [0.4, 0.5) is 4.39 Å². The molecular weight excluding hydrogens is 219 g/mol. The highest BCUT2D eigenvalue weighted by molar-refractivity contribution is 5.87. The SMILES string of the molecule is CCCCCCC(F)c1ccc(C(=O)O)cc1. The van der Waals surface area contributed by atoms with Gasteiger partial charge in [0.15, 0.2) is 0 Å². The minimum absolute atomic E-state index is 0.201. The fourth-order valence-electron chi connectivity index (χ4n) is 1.75. The van der Waals surface area contributed by atoms with Crippen LogP contribution in [0.5, 0.6) is 0 Å². The predicted molar refractivity (Wildman–Crippen MR) is 66.0 cm³/mol. The van der Waals surface area contributed by atoms with Crippen LogP contribution in [0.3, 0.4) is 0 Å². The van der Waals surface area contributed by atoms with E-state index in [4.69, 9.17) is 5.11 Å². The van der Waals surface area contributed by atoms with Crippen molar-refractivity contribution in [1.29, 1.82) is 0 Å². The topological polar surface area (TPSA) is 37.3 Å². The Hall–Kier alpha value is -1.38. The van der Waals surface area contributed by atoms with Crippen LogP contribution in [-0.4, -0.2) is 11.1 Å². The van der Waals surface area contributed by atoms with Crippen LogP contribution in [0.1, 0.15) is 61.1 Å². The molecule has 2 nitrogen and oxygen atoms in total. The number of unbranched alkanes of at least 4 members (excludes halogenated alkanes) is 3. The molecule has 0 aliphatic heterocycles. The lowest BCUT2D eigenvalue weighted by molar-refractivity contribution is 0.0697. The highest BCUT2D eigenvalue weighted by Gasteiger charge is 2.10. The first-order valence-corrected chi connectivity index (χ1v) is 6.12. The van der Waals surface area contributed by atoms with E-state index in [-0.39, 0.29) is 5.56 Å². The summed E-state index contributed by atoms with van der Waals surface area (Å²) in [4.78, 5) is 10.6. The van der Waals surface area contributed by atoms with E-state index in [1.165, 1.54) is 12.1 Å². The monoisotopic (exact) mass is 238 g/mol. The van der Waals surface area contributed by atoms with Crippen molar-refractivity contribution < 1.29 is 14.3 Å². The molecule has 0 radical (unpaired) electrons. The van der Waals surface area contributed by atoms with E-state index < -0.39 is 12.1 Å². The Bertz CT molecular complexity index is 346. The Morgan fingerprint density at radius 3 is 2.41 bits per heavy atom. The van der Waals surface area contributed by atoms with Crippen LogP contribution in [0.2, 0.25) is 0 Å². The van der Waals surface area contributed by atoms with Gasteiger partial charge in [0.05, 0.1) is 5.56 Å². The molecule has 0 amide bonds. The number of carboxylic acid groups (broad SMARTS) is 1. The molecule has 0 saturated heterocycles. The largest absolute Gasteiger partial charge is 0.478 e. The molecule has 0 aliphatic carbocycles. The van der Waals surface area contributed by atoms with E-state index in [2.05, 4.69) is 6.92 Å². The summed E-state index contributed by atoms with van der Waals surface area (Å²) in [5.74, 6) is -0.977. The summed E-state index contributed by atoms with van der Waals surface area (Å²) in [6.45, 7) is 2.12. The highest BCUT2D eigenvalue weighted by Crippen LogP contribution is 2.24. The minimum atomic E-state index is -0.977. The van der Waals surface area contributed by atoms with Crippen LogP contribution in [0.15, 0.2) is 24.3 Å². The van der Waals surface area contributed by atoms with Gasteiger partial charge in [0.25, 0.3) is 0 Å². The van der Waals surface area contributed by atoms with Gasteiger partial charge in [-0.25, -0.2) is 9.18 Å². The van der Waals surface area contributed by atoms with Crippen LogP contribution in [-0.2, 0) is 0 Å². The van der Waals surface area contributed by atoms with Gasteiger partial charge in [-0.3, -0.25) is 0 Å². The Balaban J connectivity index is 2.46. The number of hydrogen-bond donors (Lipinski definition) is 1. The van der Waals surface area contributed by atoms with Gasteiger partial charge in [-0.1, -0.05) is 44.7 Å². The third-order valence-corrected chi connectivity index (χ3v) is 2.83. The van der Waals surface area contributed by atoms with Crippen molar-refractivity contribution in [2.45, 2.75) is 45.2 Å². The van der Waals surface area contributed by atoms with Crippen molar-refractivity contribution in [2.75, 3.05) is 0 Å². The van der Waals surface area contributed by atoms with Crippen LogP contribution in [0, 0.1) is 0 Å². The summed E-state index contributed by atoms with van der Waals surface area (Å²) in [5.41, 5.74) is 0.776. The van der Waals surface area contributed by atoms with Gasteiger partial charge in [-0.2, -0.15) is 0 Å². The zero-order chi connectivity index (χ0) is 12.7. The van der Waals surface area contributed by atoms with Crippen molar-refractivity contribution in [3.8, 4) is 0 Å². The van der Waals surface area contributed by atoms with Gasteiger partial charge >= 0.3 is 5.97 Å². The number of hydrogen-bond acceptors (Lipinski definition) is 1. The van der Waals surface area contributed by atoms with E-state index in [0.29, 0.717) is 12.0 Å². The van der Waals surface area contributed by atoms with Gasteiger partial charge in [0, 0.05) is 0 Å². The second-order valence-corrected chi connectivity index (χ2v) is 4.24. The molecule has 0 aliphatic rings. The first kappa shape index (κ1) is 13.7. The highest BCUT2D eigenvalue weighted by atomic mass is 19.1. The van der Waals surface area contributed by atoms with E-state index in [1.54, 1.807) is 12.1 Å². The van der Waals surface area contributed by atoms with Crippen molar-refractivity contribution >= 4 is 5.97 Å². The smallest absolute Gasteiger partial charge is 0.335 e. The third kappa shape index (κ3) is 4.55. The molecule has 1 unspecified atom stereocenters. The Morgan fingerprint density at radius 1 is 1.24 bits per heavy atom. The van der Waals surface area contributed by atoms with Crippen LogP contribution < -0.4 is 0 Å². The minimum Gasteiger partial charge on any atom is -0.478 e. The number of carboxylic acids is 1. The summed E-state index contributed by atoms with van der Waals surface area (Å²) in [7, 11) is 0. The summed E-state index contributed by atoms with van der Waals surface area (Å²) >= 11 is 0. The van der Waals surface area contributed by atoms with Crippen LogP contribution in [0.25, 0.3) is 0 Å². The lowest BCUT2D eigenvalue weighted by atomic mass is 10.0. The van der Waals surface area contributed by atoms with Gasteiger partial charge in [-0.15, -0.1) is 0 Å². The number of halogens is 1. The third-order valence-electron chi connectivity index (χ3n) is 2.83. The molecular formula is C14H19FO2. The molecule has 1 atom stereocenters. The van der Waals surface area contributed by atoms with Crippen molar-refractivity contribution in [3.63, 3.8) is 0 Å². The van der Waals surface area contributed by atoms with Crippen molar-refractivity contribution in [2.24, 2.45) is 0 Å². The average Bonchev–Trinajstić information content (AvgIpc) is 2.34. The molecule has 3 heteroatoms. The molecule has 1 aromatic carbocycles.